The van der Waals surface area contributed by atoms with Crippen LogP contribution in [-0.2, 0) is 11.3 Å². The number of benzene rings is 1. The number of carbonyl (C=O) groups is 1. The van der Waals surface area contributed by atoms with E-state index in [4.69, 9.17) is 5.73 Å². The second kappa shape index (κ2) is 5.17. The average molecular weight is 265 g/mol. The molecule has 0 aliphatic carbocycles. The lowest BCUT2D eigenvalue weighted by Crippen LogP contribution is -2.37. The van der Waals surface area contributed by atoms with Gasteiger partial charge in [-0.2, -0.15) is 0 Å². The third-order valence-electron chi connectivity index (χ3n) is 3.82. The fourth-order valence-electron chi connectivity index (χ4n) is 2.60. The fraction of sp³-hybridized carbons (Fsp3) is 0.500. The van der Waals surface area contributed by atoms with Gasteiger partial charge in [-0.1, -0.05) is 12.1 Å². The van der Waals surface area contributed by atoms with Crippen LogP contribution in [0.5, 0.6) is 0 Å². The van der Waals surface area contributed by atoms with Gasteiger partial charge in [-0.05, 0) is 32.0 Å². The summed E-state index contributed by atoms with van der Waals surface area (Å²) in [6, 6.07) is 5.05. The Kier molecular flexibility index (Phi) is 3.75. The molecule has 1 aliphatic heterocycles. The van der Waals surface area contributed by atoms with Crippen molar-refractivity contribution in [3.63, 3.8) is 0 Å². The zero-order valence-corrected chi connectivity index (χ0v) is 11.4. The van der Waals surface area contributed by atoms with E-state index in [1.807, 2.05) is 24.9 Å². The predicted molar refractivity (Wildman–Crippen MR) is 73.3 cm³/mol. The van der Waals surface area contributed by atoms with Crippen molar-refractivity contribution in [3.8, 4) is 0 Å². The number of primary amides is 1. The van der Waals surface area contributed by atoms with Crippen LogP contribution in [0.15, 0.2) is 18.2 Å². The largest absolute Gasteiger partial charge is 0.369 e. The van der Waals surface area contributed by atoms with Crippen molar-refractivity contribution in [1.82, 2.24) is 5.32 Å². The Labute approximate surface area is 112 Å². The van der Waals surface area contributed by atoms with Gasteiger partial charge in [0.25, 0.3) is 0 Å². The smallest absolute Gasteiger partial charge is 0.225 e. The van der Waals surface area contributed by atoms with Gasteiger partial charge in [-0.25, -0.2) is 4.39 Å². The lowest BCUT2D eigenvalue weighted by molar-refractivity contribution is -0.125. The number of carbonyl (C=O) groups excluding carboxylic acids is 1. The van der Waals surface area contributed by atoms with Crippen LogP contribution in [0.4, 0.5) is 10.1 Å². The highest BCUT2D eigenvalue weighted by atomic mass is 19.1. The maximum Gasteiger partial charge on any atom is 0.225 e. The second-order valence-electron chi connectivity index (χ2n) is 5.37. The highest BCUT2D eigenvalue weighted by Gasteiger charge is 2.40. The molecule has 1 aromatic carbocycles. The van der Waals surface area contributed by atoms with Crippen molar-refractivity contribution < 1.29 is 9.18 Å². The molecule has 0 saturated carbocycles. The fourth-order valence-corrected chi connectivity index (χ4v) is 2.60. The molecule has 104 valence electrons. The first-order chi connectivity index (χ1) is 8.98. The quantitative estimate of drug-likeness (QED) is 0.861. The number of para-hydroxylation sites is 1. The van der Waals surface area contributed by atoms with Crippen molar-refractivity contribution in [2.75, 3.05) is 25.0 Å². The molecule has 0 aromatic heterocycles. The van der Waals surface area contributed by atoms with Crippen molar-refractivity contribution >= 4 is 11.6 Å². The monoisotopic (exact) mass is 265 g/mol. The average Bonchev–Trinajstić information content (AvgIpc) is 2.74. The molecule has 1 heterocycles. The van der Waals surface area contributed by atoms with Gasteiger partial charge < -0.3 is 16.0 Å². The minimum atomic E-state index is -0.570. The molecular formula is C14H20FN3O. The molecule has 1 aliphatic rings. The Hall–Kier alpha value is -1.62. The van der Waals surface area contributed by atoms with Crippen LogP contribution in [0.25, 0.3) is 0 Å². The molecule has 5 heteroatoms. The molecule has 4 nitrogen and oxygen atoms in total. The minimum Gasteiger partial charge on any atom is -0.369 e. The topological polar surface area (TPSA) is 58.4 Å². The summed E-state index contributed by atoms with van der Waals surface area (Å²) in [6.07, 6.45) is 0.662. The van der Waals surface area contributed by atoms with Gasteiger partial charge in [0.15, 0.2) is 0 Å². The molecule has 0 spiro atoms. The maximum atomic E-state index is 14.1. The standard InChI is InChI=1S/C14H20FN3O/c1-14(13(16)19)6-7-18(9-14)12-10(8-17-2)4-3-5-11(12)15/h3-5,17H,6-9H2,1-2H3,(H2,16,19). The number of anilines is 1. The molecule has 0 radical (unpaired) electrons. The van der Waals surface area contributed by atoms with E-state index in [0.717, 1.165) is 5.56 Å². The number of amides is 1. The van der Waals surface area contributed by atoms with E-state index in [1.54, 1.807) is 6.07 Å². The Morgan fingerprint density at radius 3 is 2.89 bits per heavy atom. The van der Waals surface area contributed by atoms with Gasteiger partial charge in [-0.15, -0.1) is 0 Å². The number of hydrogen-bond donors (Lipinski definition) is 2. The van der Waals surface area contributed by atoms with Gasteiger partial charge in [0.1, 0.15) is 5.82 Å². The number of nitrogens with zero attached hydrogens (tertiary/aromatic N) is 1. The molecule has 1 amide bonds. The number of halogens is 1. The second-order valence-corrected chi connectivity index (χ2v) is 5.37. The normalized spacial score (nSPS) is 22.8. The Morgan fingerprint density at radius 1 is 1.58 bits per heavy atom. The molecular weight excluding hydrogens is 245 g/mol. The van der Waals surface area contributed by atoms with Gasteiger partial charge >= 0.3 is 0 Å². The summed E-state index contributed by atoms with van der Waals surface area (Å²) in [5.74, 6) is -0.567. The first-order valence-corrected chi connectivity index (χ1v) is 6.45. The summed E-state index contributed by atoms with van der Waals surface area (Å²) in [6.45, 7) is 3.56. The summed E-state index contributed by atoms with van der Waals surface area (Å²) in [7, 11) is 1.83. The molecule has 1 unspecified atom stereocenters. The summed E-state index contributed by atoms with van der Waals surface area (Å²) in [5, 5.41) is 3.03. The third kappa shape index (κ3) is 2.56. The number of hydrogen-bond acceptors (Lipinski definition) is 3. The van der Waals surface area contributed by atoms with E-state index in [-0.39, 0.29) is 11.7 Å². The molecule has 3 N–H and O–H groups in total. The highest BCUT2D eigenvalue weighted by molar-refractivity contribution is 5.82. The Balaban J connectivity index is 2.31. The lowest BCUT2D eigenvalue weighted by atomic mass is 9.89. The summed E-state index contributed by atoms with van der Waals surface area (Å²) < 4.78 is 14.1. The van der Waals surface area contributed by atoms with E-state index in [2.05, 4.69) is 5.32 Å². The van der Waals surface area contributed by atoms with Crippen molar-refractivity contribution in [2.24, 2.45) is 11.1 Å². The van der Waals surface area contributed by atoms with Gasteiger partial charge in [0.2, 0.25) is 5.91 Å². The molecule has 1 aromatic rings. The van der Waals surface area contributed by atoms with Crippen LogP contribution in [0.2, 0.25) is 0 Å². The van der Waals surface area contributed by atoms with E-state index < -0.39 is 5.41 Å². The van der Waals surface area contributed by atoms with E-state index in [0.29, 0.717) is 31.7 Å². The van der Waals surface area contributed by atoms with Gasteiger partial charge in [0.05, 0.1) is 11.1 Å². The zero-order chi connectivity index (χ0) is 14.0. The van der Waals surface area contributed by atoms with Crippen LogP contribution in [0, 0.1) is 11.2 Å². The predicted octanol–water partition coefficient (Wildman–Crippen LogP) is 1.25. The molecule has 1 fully saturated rings. The van der Waals surface area contributed by atoms with Crippen LogP contribution in [-0.4, -0.2) is 26.0 Å². The van der Waals surface area contributed by atoms with E-state index in [9.17, 15) is 9.18 Å². The summed E-state index contributed by atoms with van der Waals surface area (Å²) in [4.78, 5) is 13.4. The SMILES string of the molecule is CNCc1cccc(F)c1N1CCC(C)(C(N)=O)C1. The van der Waals surface area contributed by atoms with Crippen LogP contribution < -0.4 is 16.0 Å². The first-order valence-electron chi connectivity index (χ1n) is 6.45. The van der Waals surface area contributed by atoms with Crippen molar-refractivity contribution in [1.29, 1.82) is 0 Å². The summed E-state index contributed by atoms with van der Waals surface area (Å²) >= 11 is 0. The number of nitrogens with one attached hydrogen (secondary N) is 1. The van der Waals surface area contributed by atoms with E-state index in [1.165, 1.54) is 6.07 Å². The molecule has 1 atom stereocenters. The maximum absolute atomic E-state index is 14.1. The van der Waals surface area contributed by atoms with Gasteiger partial charge in [-0.3, -0.25) is 4.79 Å². The molecule has 19 heavy (non-hydrogen) atoms. The van der Waals surface area contributed by atoms with Crippen LogP contribution in [0.3, 0.4) is 0 Å². The third-order valence-corrected chi connectivity index (χ3v) is 3.82. The highest BCUT2D eigenvalue weighted by Crippen LogP contribution is 2.35. The lowest BCUT2D eigenvalue weighted by Gasteiger charge is -2.25. The minimum absolute atomic E-state index is 0.249. The number of rotatable bonds is 4. The molecule has 2 rings (SSSR count). The summed E-state index contributed by atoms with van der Waals surface area (Å²) in [5.41, 5.74) is 6.35. The van der Waals surface area contributed by atoms with Crippen LogP contribution >= 0.6 is 0 Å². The van der Waals surface area contributed by atoms with E-state index >= 15 is 0 Å². The number of nitrogens with two attached hydrogens (primary N) is 1. The zero-order valence-electron chi connectivity index (χ0n) is 11.4. The van der Waals surface area contributed by atoms with Crippen molar-refractivity contribution in [3.05, 3.63) is 29.6 Å². The first kappa shape index (κ1) is 13.8. The Bertz CT molecular complexity index is 492. The molecule has 0 bridgehead atoms. The van der Waals surface area contributed by atoms with Gasteiger partial charge in [0, 0.05) is 19.6 Å². The Morgan fingerprint density at radius 2 is 2.32 bits per heavy atom. The van der Waals surface area contributed by atoms with Crippen LogP contribution in [0.1, 0.15) is 18.9 Å². The molecule has 1 saturated heterocycles. The van der Waals surface area contributed by atoms with Crippen molar-refractivity contribution in [2.45, 2.75) is 19.9 Å².